The monoisotopic (exact) mass is 319 g/mol. The van der Waals surface area contributed by atoms with Crippen LogP contribution in [0.1, 0.15) is 22.8 Å². The first-order chi connectivity index (χ1) is 11.7. The van der Waals surface area contributed by atoms with Gasteiger partial charge in [0.2, 0.25) is 0 Å². The third-order valence-corrected chi connectivity index (χ3v) is 3.97. The van der Waals surface area contributed by atoms with Gasteiger partial charge in [-0.25, -0.2) is 0 Å². The molecule has 3 rings (SSSR count). The van der Waals surface area contributed by atoms with Crippen molar-refractivity contribution in [1.82, 2.24) is 5.32 Å². The first-order valence-electron chi connectivity index (χ1n) is 8.07. The Morgan fingerprint density at radius 1 is 1.04 bits per heavy atom. The van der Waals surface area contributed by atoms with Crippen LogP contribution in [0.15, 0.2) is 60.7 Å². The molecular formula is C20H21N3O. The van der Waals surface area contributed by atoms with Crippen molar-refractivity contribution in [3.63, 3.8) is 0 Å². The minimum Gasteiger partial charge on any atom is -0.399 e. The fourth-order valence-electron chi connectivity index (χ4n) is 2.81. The number of carbonyl (C=O) groups excluding carboxylic acids is 1. The van der Waals surface area contributed by atoms with E-state index < -0.39 is 0 Å². The van der Waals surface area contributed by atoms with Gasteiger partial charge in [0.25, 0.3) is 5.91 Å². The molecule has 1 amide bonds. The third-order valence-electron chi connectivity index (χ3n) is 3.97. The molecule has 0 saturated heterocycles. The van der Waals surface area contributed by atoms with Crippen molar-refractivity contribution in [2.45, 2.75) is 13.5 Å². The lowest BCUT2D eigenvalue weighted by molar-refractivity contribution is 0.0952. The van der Waals surface area contributed by atoms with Crippen molar-refractivity contribution in [2.75, 3.05) is 17.6 Å². The van der Waals surface area contributed by atoms with E-state index in [2.05, 4.69) is 28.8 Å². The van der Waals surface area contributed by atoms with E-state index in [4.69, 9.17) is 5.73 Å². The molecule has 3 aromatic rings. The summed E-state index contributed by atoms with van der Waals surface area (Å²) in [5, 5.41) is 8.52. The van der Waals surface area contributed by atoms with Crippen LogP contribution in [0.3, 0.4) is 0 Å². The smallest absolute Gasteiger partial charge is 0.253 e. The Kier molecular flexibility index (Phi) is 4.66. The van der Waals surface area contributed by atoms with E-state index in [-0.39, 0.29) is 5.91 Å². The van der Waals surface area contributed by atoms with Crippen molar-refractivity contribution in [2.24, 2.45) is 0 Å². The fourth-order valence-corrected chi connectivity index (χ4v) is 2.81. The van der Waals surface area contributed by atoms with Gasteiger partial charge in [-0.3, -0.25) is 4.79 Å². The minimum atomic E-state index is -0.133. The maximum absolute atomic E-state index is 12.6. The number of nitrogens with two attached hydrogens (primary N) is 1. The number of hydrogen-bond donors (Lipinski definition) is 3. The summed E-state index contributed by atoms with van der Waals surface area (Å²) in [6, 6.07) is 19.6. The quantitative estimate of drug-likeness (QED) is 0.627. The first kappa shape index (κ1) is 15.9. The predicted molar refractivity (Wildman–Crippen MR) is 100 cm³/mol. The van der Waals surface area contributed by atoms with Gasteiger partial charge >= 0.3 is 0 Å². The number of nitrogen functional groups attached to an aromatic ring is 1. The highest BCUT2D eigenvalue weighted by molar-refractivity contribution is 6.00. The van der Waals surface area contributed by atoms with Gasteiger partial charge in [0, 0.05) is 24.5 Å². The average Bonchev–Trinajstić information content (AvgIpc) is 2.61. The number of benzene rings is 3. The van der Waals surface area contributed by atoms with Crippen molar-refractivity contribution >= 4 is 28.1 Å². The molecule has 0 heterocycles. The van der Waals surface area contributed by atoms with Crippen molar-refractivity contribution in [3.05, 3.63) is 71.8 Å². The van der Waals surface area contributed by atoms with E-state index >= 15 is 0 Å². The Labute approximate surface area is 141 Å². The van der Waals surface area contributed by atoms with Gasteiger partial charge in [0.05, 0.1) is 5.56 Å². The maximum atomic E-state index is 12.6. The summed E-state index contributed by atoms with van der Waals surface area (Å²) in [4.78, 5) is 12.6. The highest BCUT2D eigenvalue weighted by Gasteiger charge is 2.12. The van der Waals surface area contributed by atoms with Crippen LogP contribution in [0.2, 0.25) is 0 Å². The van der Waals surface area contributed by atoms with Crippen LogP contribution in [0.25, 0.3) is 10.8 Å². The van der Waals surface area contributed by atoms with Crippen LogP contribution < -0.4 is 16.4 Å². The highest BCUT2D eigenvalue weighted by Crippen LogP contribution is 2.21. The Balaban J connectivity index is 1.82. The second kappa shape index (κ2) is 7.04. The van der Waals surface area contributed by atoms with Crippen molar-refractivity contribution in [1.29, 1.82) is 0 Å². The van der Waals surface area contributed by atoms with Crippen LogP contribution in [0.5, 0.6) is 0 Å². The highest BCUT2D eigenvalue weighted by atomic mass is 16.1. The molecular weight excluding hydrogens is 298 g/mol. The van der Waals surface area contributed by atoms with Crippen LogP contribution in [-0.2, 0) is 6.54 Å². The van der Waals surface area contributed by atoms with Crippen molar-refractivity contribution < 1.29 is 4.79 Å². The zero-order valence-corrected chi connectivity index (χ0v) is 13.7. The summed E-state index contributed by atoms with van der Waals surface area (Å²) in [7, 11) is 0. The number of fused-ring (bicyclic) bond motifs is 1. The summed E-state index contributed by atoms with van der Waals surface area (Å²) < 4.78 is 0. The van der Waals surface area contributed by atoms with Gasteiger partial charge in [0.1, 0.15) is 0 Å². The van der Waals surface area contributed by atoms with Gasteiger partial charge in [-0.15, -0.1) is 0 Å². The normalized spacial score (nSPS) is 10.5. The molecule has 4 N–H and O–H groups in total. The summed E-state index contributed by atoms with van der Waals surface area (Å²) >= 11 is 0. The zero-order chi connectivity index (χ0) is 16.9. The van der Waals surface area contributed by atoms with Crippen LogP contribution >= 0.6 is 0 Å². The number of carbonyl (C=O) groups is 1. The second-order valence-electron chi connectivity index (χ2n) is 5.66. The summed E-state index contributed by atoms with van der Waals surface area (Å²) in [6.45, 7) is 3.21. The van der Waals surface area contributed by atoms with E-state index in [1.54, 1.807) is 12.1 Å². The summed E-state index contributed by atoms with van der Waals surface area (Å²) in [5.41, 5.74) is 8.86. The van der Waals surface area contributed by atoms with Gasteiger partial charge < -0.3 is 16.4 Å². The third kappa shape index (κ3) is 3.33. The van der Waals surface area contributed by atoms with Gasteiger partial charge in [-0.2, -0.15) is 0 Å². The largest absolute Gasteiger partial charge is 0.399 e. The van der Waals surface area contributed by atoms with Crippen molar-refractivity contribution in [3.8, 4) is 0 Å². The van der Waals surface area contributed by atoms with Crippen LogP contribution in [-0.4, -0.2) is 12.5 Å². The molecule has 3 aromatic carbocycles. The van der Waals surface area contributed by atoms with Crippen LogP contribution in [0.4, 0.5) is 11.4 Å². The molecule has 0 aliphatic carbocycles. The van der Waals surface area contributed by atoms with E-state index in [9.17, 15) is 4.79 Å². The van der Waals surface area contributed by atoms with E-state index in [1.165, 1.54) is 5.39 Å². The van der Waals surface area contributed by atoms with E-state index in [0.29, 0.717) is 17.8 Å². The summed E-state index contributed by atoms with van der Waals surface area (Å²) in [5.74, 6) is -0.133. The molecule has 0 aliphatic heterocycles. The molecule has 122 valence electrons. The SMILES string of the molecule is CCNc1ccc(N)cc1C(=O)NCc1cccc2ccccc12. The number of anilines is 2. The summed E-state index contributed by atoms with van der Waals surface area (Å²) in [6.07, 6.45) is 0. The van der Waals surface area contributed by atoms with Gasteiger partial charge in [-0.05, 0) is 41.5 Å². The lowest BCUT2D eigenvalue weighted by Gasteiger charge is -2.13. The average molecular weight is 319 g/mol. The lowest BCUT2D eigenvalue weighted by atomic mass is 10.0. The van der Waals surface area contributed by atoms with E-state index in [1.807, 2.05) is 37.3 Å². The lowest BCUT2D eigenvalue weighted by Crippen LogP contribution is -2.24. The molecule has 0 bridgehead atoms. The van der Waals surface area contributed by atoms with E-state index in [0.717, 1.165) is 23.2 Å². The zero-order valence-electron chi connectivity index (χ0n) is 13.7. The topological polar surface area (TPSA) is 67.1 Å². The number of hydrogen-bond acceptors (Lipinski definition) is 3. The molecule has 0 aliphatic rings. The van der Waals surface area contributed by atoms with Crippen LogP contribution in [0, 0.1) is 0 Å². The molecule has 4 nitrogen and oxygen atoms in total. The Morgan fingerprint density at radius 3 is 2.67 bits per heavy atom. The fraction of sp³-hybridized carbons (Fsp3) is 0.150. The number of nitrogens with one attached hydrogen (secondary N) is 2. The molecule has 0 radical (unpaired) electrons. The molecule has 0 spiro atoms. The predicted octanol–water partition coefficient (Wildman–Crippen LogP) is 3.78. The molecule has 0 saturated carbocycles. The minimum absolute atomic E-state index is 0.133. The maximum Gasteiger partial charge on any atom is 0.253 e. The number of rotatable bonds is 5. The Bertz CT molecular complexity index is 868. The van der Waals surface area contributed by atoms with Gasteiger partial charge in [0.15, 0.2) is 0 Å². The molecule has 24 heavy (non-hydrogen) atoms. The second-order valence-corrected chi connectivity index (χ2v) is 5.66. The first-order valence-corrected chi connectivity index (χ1v) is 8.07. The Hall–Kier alpha value is -3.01. The molecule has 0 fully saturated rings. The Morgan fingerprint density at radius 2 is 1.83 bits per heavy atom. The molecule has 4 heteroatoms. The standard InChI is InChI=1S/C20H21N3O/c1-2-22-19-11-10-16(21)12-18(19)20(24)23-13-15-8-5-7-14-6-3-4-9-17(14)15/h3-12,22H,2,13,21H2,1H3,(H,23,24). The molecule has 0 aromatic heterocycles. The van der Waals surface area contributed by atoms with Gasteiger partial charge in [-0.1, -0.05) is 42.5 Å². The molecule has 0 atom stereocenters. The number of amides is 1. The molecule has 0 unspecified atom stereocenters.